The first kappa shape index (κ1) is 16.6. The number of aryl methyl sites for hydroxylation is 1. The Morgan fingerprint density at radius 2 is 2.31 bits per heavy atom. The van der Waals surface area contributed by atoms with Crippen LogP contribution in [-0.2, 0) is 13.1 Å². The summed E-state index contributed by atoms with van der Waals surface area (Å²) in [5, 5.41) is 12.0. The number of amides is 2. The zero-order chi connectivity index (χ0) is 17.9. The van der Waals surface area contributed by atoms with Crippen molar-refractivity contribution in [3.8, 4) is 11.5 Å². The molecule has 0 bridgehead atoms. The molecule has 0 saturated heterocycles. The van der Waals surface area contributed by atoms with Gasteiger partial charge in [-0.1, -0.05) is 0 Å². The van der Waals surface area contributed by atoms with Crippen molar-refractivity contribution in [3.63, 3.8) is 0 Å². The summed E-state index contributed by atoms with van der Waals surface area (Å²) in [6.45, 7) is 3.03. The molecule has 0 spiro atoms. The van der Waals surface area contributed by atoms with E-state index in [-0.39, 0.29) is 6.03 Å². The summed E-state index contributed by atoms with van der Waals surface area (Å²) in [7, 11) is 0. The number of nitrogens with one attached hydrogen (secondary N) is 2. The van der Waals surface area contributed by atoms with Gasteiger partial charge in [-0.25, -0.2) is 14.8 Å². The van der Waals surface area contributed by atoms with E-state index in [4.69, 9.17) is 0 Å². The van der Waals surface area contributed by atoms with Gasteiger partial charge >= 0.3 is 6.03 Å². The Morgan fingerprint density at radius 3 is 3.00 bits per heavy atom. The number of aromatic nitrogens is 5. The second-order valence-corrected chi connectivity index (χ2v) is 7.24. The molecule has 3 aromatic heterocycles. The van der Waals surface area contributed by atoms with E-state index in [1.54, 1.807) is 29.9 Å². The van der Waals surface area contributed by atoms with Crippen LogP contribution in [0.3, 0.4) is 0 Å². The molecule has 1 aliphatic carbocycles. The van der Waals surface area contributed by atoms with Crippen molar-refractivity contribution in [1.29, 1.82) is 0 Å². The molecule has 3 heterocycles. The van der Waals surface area contributed by atoms with Gasteiger partial charge in [-0.15, -0.1) is 11.3 Å². The zero-order valence-corrected chi connectivity index (χ0v) is 15.2. The van der Waals surface area contributed by atoms with Crippen molar-refractivity contribution in [2.45, 2.75) is 38.9 Å². The van der Waals surface area contributed by atoms with Crippen LogP contribution in [0.4, 0.5) is 4.79 Å². The van der Waals surface area contributed by atoms with Gasteiger partial charge in [0.2, 0.25) is 5.82 Å². The second-order valence-electron chi connectivity index (χ2n) is 6.24. The van der Waals surface area contributed by atoms with E-state index < -0.39 is 0 Å². The molecule has 0 aromatic carbocycles. The van der Waals surface area contributed by atoms with Crippen molar-refractivity contribution in [3.05, 3.63) is 46.3 Å². The van der Waals surface area contributed by atoms with Crippen molar-refractivity contribution in [1.82, 2.24) is 35.4 Å². The molecule has 0 radical (unpaired) electrons. The Kier molecular flexibility index (Phi) is 4.61. The predicted molar refractivity (Wildman–Crippen MR) is 97.3 cm³/mol. The lowest BCUT2D eigenvalue weighted by Crippen LogP contribution is -2.40. The summed E-state index contributed by atoms with van der Waals surface area (Å²) in [5.74, 6) is 1.05. The molecule has 1 fully saturated rings. The highest BCUT2D eigenvalue weighted by Crippen LogP contribution is 2.30. The molecule has 0 atom stereocenters. The standard InChI is InChI=1S/C17H19N7OS/c1-11-4-7-26-14(11)10-24(12-2-3-12)17(25)20-9-15-21-16(23-22-15)13-8-18-5-6-19-13/h4-8,12H,2-3,9-10H2,1H3,(H,20,25)(H,21,22,23). The number of nitrogens with zero attached hydrogens (tertiary/aromatic N) is 5. The maximum absolute atomic E-state index is 12.6. The maximum Gasteiger partial charge on any atom is 0.318 e. The van der Waals surface area contributed by atoms with E-state index in [1.165, 1.54) is 10.4 Å². The fourth-order valence-electron chi connectivity index (χ4n) is 2.64. The minimum Gasteiger partial charge on any atom is -0.331 e. The summed E-state index contributed by atoms with van der Waals surface area (Å²) >= 11 is 1.69. The van der Waals surface area contributed by atoms with Crippen LogP contribution in [0.1, 0.15) is 29.1 Å². The van der Waals surface area contributed by atoms with Gasteiger partial charge in [0.1, 0.15) is 11.5 Å². The number of carbonyl (C=O) groups is 1. The summed E-state index contributed by atoms with van der Waals surface area (Å²) in [6.07, 6.45) is 6.92. The molecule has 9 heteroatoms. The molecule has 0 aliphatic heterocycles. The van der Waals surface area contributed by atoms with Crippen molar-refractivity contribution >= 4 is 17.4 Å². The highest BCUT2D eigenvalue weighted by Gasteiger charge is 2.33. The van der Waals surface area contributed by atoms with E-state index in [1.807, 2.05) is 4.90 Å². The molecule has 26 heavy (non-hydrogen) atoms. The first-order chi connectivity index (χ1) is 12.7. The third kappa shape index (κ3) is 3.72. The van der Waals surface area contributed by atoms with Gasteiger partial charge < -0.3 is 10.2 Å². The van der Waals surface area contributed by atoms with Gasteiger partial charge in [0.25, 0.3) is 0 Å². The van der Waals surface area contributed by atoms with Crippen LogP contribution in [0, 0.1) is 6.92 Å². The topological polar surface area (TPSA) is 99.7 Å². The van der Waals surface area contributed by atoms with Crippen LogP contribution < -0.4 is 5.32 Å². The summed E-state index contributed by atoms with van der Waals surface area (Å²) in [6, 6.07) is 2.35. The first-order valence-corrected chi connectivity index (χ1v) is 9.34. The van der Waals surface area contributed by atoms with Crippen LogP contribution in [0.15, 0.2) is 30.0 Å². The summed E-state index contributed by atoms with van der Waals surface area (Å²) in [4.78, 5) is 28.3. The molecule has 1 aliphatic rings. The van der Waals surface area contributed by atoms with Gasteiger partial charge in [-0.3, -0.25) is 10.1 Å². The molecular formula is C17H19N7OS. The van der Waals surface area contributed by atoms with Crippen LogP contribution in [0.5, 0.6) is 0 Å². The average molecular weight is 369 g/mol. The monoisotopic (exact) mass is 369 g/mol. The smallest absolute Gasteiger partial charge is 0.318 e. The predicted octanol–water partition coefficient (Wildman–Crippen LogP) is 2.51. The molecule has 4 rings (SSSR count). The van der Waals surface area contributed by atoms with Crippen LogP contribution >= 0.6 is 11.3 Å². The van der Waals surface area contributed by atoms with Crippen molar-refractivity contribution in [2.75, 3.05) is 0 Å². The number of hydrogen-bond acceptors (Lipinski definition) is 6. The fraction of sp³-hybridized carbons (Fsp3) is 0.353. The van der Waals surface area contributed by atoms with Gasteiger partial charge in [0.15, 0.2) is 0 Å². The molecule has 134 valence electrons. The highest BCUT2D eigenvalue weighted by molar-refractivity contribution is 7.10. The van der Waals surface area contributed by atoms with Gasteiger partial charge in [0, 0.05) is 23.3 Å². The lowest BCUT2D eigenvalue weighted by atomic mass is 10.3. The van der Waals surface area contributed by atoms with E-state index in [2.05, 4.69) is 48.8 Å². The molecule has 2 N–H and O–H groups in total. The van der Waals surface area contributed by atoms with Crippen molar-refractivity contribution < 1.29 is 4.79 Å². The lowest BCUT2D eigenvalue weighted by molar-refractivity contribution is 0.191. The Bertz CT molecular complexity index is 887. The fourth-order valence-corrected chi connectivity index (χ4v) is 3.54. The molecule has 8 nitrogen and oxygen atoms in total. The van der Waals surface area contributed by atoms with Crippen LogP contribution in [0.25, 0.3) is 11.5 Å². The zero-order valence-electron chi connectivity index (χ0n) is 14.3. The number of H-pyrrole nitrogens is 1. The minimum atomic E-state index is -0.0715. The summed E-state index contributed by atoms with van der Waals surface area (Å²) < 4.78 is 0. The number of hydrogen-bond donors (Lipinski definition) is 2. The van der Waals surface area contributed by atoms with E-state index in [0.717, 1.165) is 12.8 Å². The largest absolute Gasteiger partial charge is 0.331 e. The quantitative estimate of drug-likeness (QED) is 0.695. The Hall–Kier alpha value is -2.81. The van der Waals surface area contributed by atoms with Gasteiger partial charge in [0.05, 0.1) is 19.3 Å². The van der Waals surface area contributed by atoms with Crippen LogP contribution in [0.2, 0.25) is 0 Å². The van der Waals surface area contributed by atoms with Crippen molar-refractivity contribution in [2.24, 2.45) is 0 Å². The molecule has 0 unspecified atom stereocenters. The SMILES string of the molecule is Cc1ccsc1CN(C(=O)NCc1nc(-c2cnccn2)n[nH]1)C1CC1. The number of urea groups is 1. The Labute approximate surface area is 154 Å². The van der Waals surface area contributed by atoms with E-state index in [9.17, 15) is 4.79 Å². The third-order valence-electron chi connectivity index (χ3n) is 4.26. The maximum atomic E-state index is 12.6. The Morgan fingerprint density at radius 1 is 1.42 bits per heavy atom. The minimum absolute atomic E-state index is 0.0715. The molecule has 1 saturated carbocycles. The lowest BCUT2D eigenvalue weighted by Gasteiger charge is -2.22. The Balaban J connectivity index is 1.38. The molecule has 2 amide bonds. The van der Waals surface area contributed by atoms with E-state index in [0.29, 0.717) is 36.5 Å². The molecule has 3 aromatic rings. The number of carbonyl (C=O) groups excluding carboxylic acids is 1. The van der Waals surface area contributed by atoms with Gasteiger partial charge in [-0.2, -0.15) is 5.10 Å². The van der Waals surface area contributed by atoms with Crippen LogP contribution in [-0.4, -0.2) is 42.1 Å². The first-order valence-electron chi connectivity index (χ1n) is 8.46. The average Bonchev–Trinajstić information content (AvgIpc) is 3.25. The number of thiophene rings is 1. The summed E-state index contributed by atoms with van der Waals surface area (Å²) in [5.41, 5.74) is 1.83. The normalized spacial score (nSPS) is 13.6. The molecular weight excluding hydrogens is 350 g/mol. The third-order valence-corrected chi connectivity index (χ3v) is 5.27. The van der Waals surface area contributed by atoms with E-state index >= 15 is 0 Å². The highest BCUT2D eigenvalue weighted by atomic mass is 32.1. The van der Waals surface area contributed by atoms with Gasteiger partial charge in [-0.05, 0) is 36.8 Å². The number of rotatable bonds is 6. The second kappa shape index (κ2) is 7.20. The number of aromatic amines is 1.